The monoisotopic (exact) mass is 264 g/mol. The normalized spacial score (nSPS) is 18.9. The van der Waals surface area contributed by atoms with Crippen LogP contribution in [0.2, 0.25) is 0 Å². The first-order valence-corrected chi connectivity index (χ1v) is 6.72. The van der Waals surface area contributed by atoms with Gasteiger partial charge in [-0.05, 0) is 37.5 Å². The van der Waals surface area contributed by atoms with Gasteiger partial charge < -0.3 is 15.4 Å². The predicted molar refractivity (Wildman–Crippen MR) is 79.3 cm³/mol. The zero-order chi connectivity index (χ0) is 13.1. The van der Waals surface area contributed by atoms with Crippen molar-refractivity contribution in [2.75, 3.05) is 25.1 Å². The highest BCUT2D eigenvalue weighted by atomic mass is 32.1. The average Bonchev–Trinajstić information content (AvgIpc) is 2.81. The molecule has 1 heterocycles. The smallest absolute Gasteiger partial charge is 0.106 e. The maximum absolute atomic E-state index is 5.78. The lowest BCUT2D eigenvalue weighted by Crippen LogP contribution is -2.30. The predicted octanol–water partition coefficient (Wildman–Crippen LogP) is 2.24. The Morgan fingerprint density at radius 2 is 2.33 bits per heavy atom. The minimum atomic E-state index is 0.328. The maximum atomic E-state index is 5.78. The number of likely N-dealkylation sites (N-methyl/N-ethyl adjacent to an activating group) is 1. The Bertz CT molecular complexity index is 441. The van der Waals surface area contributed by atoms with Crippen LogP contribution >= 0.6 is 12.2 Å². The Hall–Kier alpha value is -1.13. The summed E-state index contributed by atoms with van der Waals surface area (Å²) in [7, 11) is 2.07. The van der Waals surface area contributed by atoms with E-state index in [0.717, 1.165) is 37.2 Å². The number of thiocarbonyl (C=S) groups is 1. The van der Waals surface area contributed by atoms with Crippen LogP contribution in [-0.2, 0) is 4.74 Å². The number of nitrogens with two attached hydrogens (primary N) is 1. The van der Waals surface area contributed by atoms with Crippen LogP contribution in [0.25, 0.3) is 0 Å². The summed E-state index contributed by atoms with van der Waals surface area (Å²) in [6, 6.07) is 6.17. The molecule has 0 aliphatic carbocycles. The van der Waals surface area contributed by atoms with Gasteiger partial charge in [0.05, 0.1) is 6.10 Å². The third kappa shape index (κ3) is 3.00. The van der Waals surface area contributed by atoms with E-state index in [1.54, 1.807) is 0 Å². The average molecular weight is 264 g/mol. The lowest BCUT2D eigenvalue weighted by atomic mass is 10.1. The molecule has 1 aliphatic rings. The minimum absolute atomic E-state index is 0.328. The van der Waals surface area contributed by atoms with E-state index in [2.05, 4.69) is 24.9 Å². The second kappa shape index (κ2) is 5.67. The summed E-state index contributed by atoms with van der Waals surface area (Å²) in [4.78, 5) is 2.64. The zero-order valence-electron chi connectivity index (χ0n) is 11.0. The lowest BCUT2D eigenvalue weighted by Gasteiger charge is -2.25. The van der Waals surface area contributed by atoms with Gasteiger partial charge in [0, 0.05) is 31.5 Å². The first kappa shape index (κ1) is 13.3. The zero-order valence-corrected chi connectivity index (χ0v) is 11.8. The van der Waals surface area contributed by atoms with Gasteiger partial charge >= 0.3 is 0 Å². The van der Waals surface area contributed by atoms with Crippen LogP contribution in [0.4, 0.5) is 5.69 Å². The van der Waals surface area contributed by atoms with Crippen LogP contribution in [0.5, 0.6) is 0 Å². The Balaban J connectivity index is 2.19. The molecule has 2 rings (SSSR count). The number of nitrogens with zero attached hydrogens (tertiary/aromatic N) is 1. The van der Waals surface area contributed by atoms with Gasteiger partial charge in [0.2, 0.25) is 0 Å². The minimum Gasteiger partial charge on any atom is -0.389 e. The fraction of sp³-hybridized carbons (Fsp3) is 0.500. The summed E-state index contributed by atoms with van der Waals surface area (Å²) < 4.78 is 5.67. The molecule has 1 aromatic rings. The second-order valence-electron chi connectivity index (χ2n) is 4.90. The van der Waals surface area contributed by atoms with E-state index in [9.17, 15) is 0 Å². The van der Waals surface area contributed by atoms with Crippen LogP contribution in [-0.4, -0.2) is 31.3 Å². The van der Waals surface area contributed by atoms with Crippen molar-refractivity contribution in [1.29, 1.82) is 0 Å². The molecule has 1 atom stereocenters. The third-order valence-corrected chi connectivity index (χ3v) is 3.55. The van der Waals surface area contributed by atoms with Gasteiger partial charge in [-0.3, -0.25) is 0 Å². The molecule has 0 bridgehead atoms. The van der Waals surface area contributed by atoms with E-state index in [1.807, 2.05) is 12.1 Å². The van der Waals surface area contributed by atoms with Gasteiger partial charge in [-0.1, -0.05) is 18.3 Å². The summed E-state index contributed by atoms with van der Waals surface area (Å²) in [6.07, 6.45) is 2.63. The van der Waals surface area contributed by atoms with Crippen molar-refractivity contribution in [3.63, 3.8) is 0 Å². The number of ether oxygens (including phenoxy) is 1. The number of rotatable bonds is 4. The van der Waals surface area contributed by atoms with Crippen molar-refractivity contribution in [2.45, 2.75) is 25.9 Å². The van der Waals surface area contributed by atoms with E-state index in [4.69, 9.17) is 22.7 Å². The molecule has 0 saturated carbocycles. The molecule has 1 fully saturated rings. The molecular weight excluding hydrogens is 244 g/mol. The number of hydrogen-bond acceptors (Lipinski definition) is 3. The summed E-state index contributed by atoms with van der Waals surface area (Å²) in [6.45, 7) is 3.85. The maximum Gasteiger partial charge on any atom is 0.106 e. The van der Waals surface area contributed by atoms with E-state index in [-0.39, 0.29) is 0 Å². The molecular formula is C14H20N2OS. The van der Waals surface area contributed by atoms with Crippen molar-refractivity contribution in [1.82, 2.24) is 0 Å². The van der Waals surface area contributed by atoms with Crippen molar-refractivity contribution in [3.8, 4) is 0 Å². The standard InChI is InChI=1S/C14H20N2OS/c1-10-5-6-12(14(15)18)13(8-10)16(2)9-11-4-3-7-17-11/h5-6,8,11H,3-4,7,9H2,1-2H3,(H2,15,18). The Morgan fingerprint density at radius 3 is 2.94 bits per heavy atom. The van der Waals surface area contributed by atoms with Gasteiger partial charge in [-0.25, -0.2) is 0 Å². The molecule has 98 valence electrons. The summed E-state index contributed by atoms with van der Waals surface area (Å²) >= 11 is 5.11. The van der Waals surface area contributed by atoms with E-state index in [0.29, 0.717) is 11.1 Å². The van der Waals surface area contributed by atoms with Crippen LogP contribution in [0.1, 0.15) is 24.0 Å². The van der Waals surface area contributed by atoms with Gasteiger partial charge in [0.15, 0.2) is 0 Å². The fourth-order valence-electron chi connectivity index (χ4n) is 2.36. The summed E-state index contributed by atoms with van der Waals surface area (Å²) in [5, 5.41) is 0. The lowest BCUT2D eigenvalue weighted by molar-refractivity contribution is 0.116. The second-order valence-corrected chi connectivity index (χ2v) is 5.34. The fourth-order valence-corrected chi connectivity index (χ4v) is 2.53. The Kier molecular flexibility index (Phi) is 4.19. The molecule has 0 amide bonds. The van der Waals surface area contributed by atoms with E-state index in [1.165, 1.54) is 5.56 Å². The topological polar surface area (TPSA) is 38.5 Å². The molecule has 2 N–H and O–H groups in total. The number of anilines is 1. The first-order chi connectivity index (χ1) is 8.58. The molecule has 1 aliphatic heterocycles. The molecule has 1 saturated heterocycles. The van der Waals surface area contributed by atoms with E-state index >= 15 is 0 Å². The van der Waals surface area contributed by atoms with Gasteiger partial charge in [0.1, 0.15) is 4.99 Å². The number of aryl methyl sites for hydroxylation is 1. The van der Waals surface area contributed by atoms with Crippen LogP contribution in [0.3, 0.4) is 0 Å². The Morgan fingerprint density at radius 1 is 1.56 bits per heavy atom. The van der Waals surface area contributed by atoms with E-state index < -0.39 is 0 Å². The van der Waals surface area contributed by atoms with Crippen LogP contribution < -0.4 is 10.6 Å². The summed E-state index contributed by atoms with van der Waals surface area (Å²) in [5.74, 6) is 0. The molecule has 18 heavy (non-hydrogen) atoms. The van der Waals surface area contributed by atoms with Crippen molar-refractivity contribution in [3.05, 3.63) is 29.3 Å². The van der Waals surface area contributed by atoms with Crippen molar-refractivity contribution >= 4 is 22.9 Å². The van der Waals surface area contributed by atoms with Crippen LogP contribution in [0, 0.1) is 6.92 Å². The molecule has 0 spiro atoms. The Labute approximate surface area is 114 Å². The highest BCUT2D eigenvalue weighted by molar-refractivity contribution is 7.80. The highest BCUT2D eigenvalue weighted by Crippen LogP contribution is 2.23. The number of benzene rings is 1. The van der Waals surface area contributed by atoms with Crippen molar-refractivity contribution < 1.29 is 4.74 Å². The molecule has 1 unspecified atom stereocenters. The molecule has 1 aromatic carbocycles. The SMILES string of the molecule is Cc1ccc(C(N)=S)c(N(C)CC2CCCO2)c1. The van der Waals surface area contributed by atoms with Gasteiger partial charge in [0.25, 0.3) is 0 Å². The quantitative estimate of drug-likeness (QED) is 0.847. The largest absolute Gasteiger partial charge is 0.389 e. The molecule has 0 radical (unpaired) electrons. The molecule has 3 nitrogen and oxygen atoms in total. The molecule has 0 aromatic heterocycles. The van der Waals surface area contributed by atoms with Crippen molar-refractivity contribution in [2.24, 2.45) is 5.73 Å². The van der Waals surface area contributed by atoms with Gasteiger partial charge in [-0.15, -0.1) is 0 Å². The highest BCUT2D eigenvalue weighted by Gasteiger charge is 2.19. The van der Waals surface area contributed by atoms with Gasteiger partial charge in [-0.2, -0.15) is 0 Å². The number of hydrogen-bond donors (Lipinski definition) is 1. The van der Waals surface area contributed by atoms with Crippen LogP contribution in [0.15, 0.2) is 18.2 Å². The first-order valence-electron chi connectivity index (χ1n) is 6.31. The third-order valence-electron chi connectivity index (χ3n) is 3.33. The summed E-state index contributed by atoms with van der Waals surface area (Å²) in [5.41, 5.74) is 9.03. The molecule has 4 heteroatoms.